The van der Waals surface area contributed by atoms with Crippen LogP contribution < -0.4 is 10.6 Å². The molecule has 0 aliphatic rings. The van der Waals surface area contributed by atoms with E-state index in [-0.39, 0.29) is 23.5 Å². The molecule has 2 N–H and O–H groups in total. The quantitative estimate of drug-likeness (QED) is 0.566. The molecular formula is C23H29N3O6S. The van der Waals surface area contributed by atoms with E-state index >= 15 is 0 Å². The van der Waals surface area contributed by atoms with E-state index < -0.39 is 34.5 Å². The summed E-state index contributed by atoms with van der Waals surface area (Å²) in [5.41, 5.74) is 2.93. The molecular weight excluding hydrogens is 446 g/mol. The molecule has 0 spiro atoms. The van der Waals surface area contributed by atoms with Crippen molar-refractivity contribution in [3.05, 3.63) is 58.7 Å². The number of hydrogen-bond donors (Lipinski definition) is 2. The summed E-state index contributed by atoms with van der Waals surface area (Å²) in [6, 6.07) is 8.83. The van der Waals surface area contributed by atoms with Crippen molar-refractivity contribution in [2.75, 3.05) is 25.0 Å². The number of aryl methyl sites for hydroxylation is 3. The third-order valence-corrected chi connectivity index (χ3v) is 7.04. The van der Waals surface area contributed by atoms with Crippen molar-refractivity contribution in [2.24, 2.45) is 0 Å². The molecule has 2 aromatic rings. The number of carbonyl (C=O) groups excluding carboxylic acids is 3. The van der Waals surface area contributed by atoms with E-state index in [1.54, 1.807) is 26.8 Å². The lowest BCUT2D eigenvalue weighted by Crippen LogP contribution is -2.37. The predicted octanol–water partition coefficient (Wildman–Crippen LogP) is 3.15. The molecule has 0 unspecified atom stereocenters. The Kier molecular flexibility index (Phi) is 8.72. The number of imide groups is 1. The molecule has 0 saturated carbocycles. The minimum absolute atomic E-state index is 0.0239. The van der Waals surface area contributed by atoms with Crippen LogP contribution in [-0.2, 0) is 19.6 Å². The van der Waals surface area contributed by atoms with Gasteiger partial charge in [0, 0.05) is 18.8 Å². The lowest BCUT2D eigenvalue weighted by molar-refractivity contribution is -0.123. The van der Waals surface area contributed by atoms with Gasteiger partial charge in [-0.2, -0.15) is 4.31 Å². The fourth-order valence-corrected chi connectivity index (χ4v) is 4.66. The molecule has 2 rings (SSSR count). The first-order valence-electron chi connectivity index (χ1n) is 10.5. The van der Waals surface area contributed by atoms with Gasteiger partial charge in [-0.3, -0.25) is 10.1 Å². The predicted molar refractivity (Wildman–Crippen MR) is 125 cm³/mol. The molecule has 3 amide bonds. The first-order valence-corrected chi connectivity index (χ1v) is 11.9. The average Bonchev–Trinajstić information content (AvgIpc) is 2.74. The number of urea groups is 1. The number of esters is 1. The molecule has 2 aromatic carbocycles. The highest BCUT2D eigenvalue weighted by Gasteiger charge is 2.24. The summed E-state index contributed by atoms with van der Waals surface area (Å²) in [5, 5.41) is 4.65. The number of rotatable bonds is 8. The first kappa shape index (κ1) is 26.0. The van der Waals surface area contributed by atoms with Gasteiger partial charge in [0.1, 0.15) is 0 Å². The standard InChI is InChI=1S/C23H29N3O6S/c1-6-26(7-2)33(30,31)18-10-9-16(4)19(13-18)22(28)32-14-21(27)25-23(29)24-20-11-8-15(3)12-17(20)5/h8-13H,6-7,14H2,1-5H3,(H2,24,25,27,29). The third kappa shape index (κ3) is 6.62. The van der Waals surface area contributed by atoms with E-state index in [1.807, 2.05) is 26.0 Å². The molecule has 0 atom stereocenters. The Bertz CT molecular complexity index is 1160. The molecule has 0 aliphatic carbocycles. The van der Waals surface area contributed by atoms with Gasteiger partial charge in [-0.15, -0.1) is 0 Å². The minimum atomic E-state index is -3.76. The van der Waals surface area contributed by atoms with E-state index in [2.05, 4.69) is 10.6 Å². The molecule has 0 heterocycles. The number of nitrogens with one attached hydrogen (secondary N) is 2. The second-order valence-electron chi connectivity index (χ2n) is 7.46. The Morgan fingerprint density at radius 3 is 2.21 bits per heavy atom. The van der Waals surface area contributed by atoms with Crippen LogP contribution in [-0.4, -0.2) is 50.3 Å². The summed E-state index contributed by atoms with van der Waals surface area (Å²) in [6.07, 6.45) is 0. The number of ether oxygens (including phenoxy) is 1. The van der Waals surface area contributed by atoms with Gasteiger partial charge in [0.2, 0.25) is 10.0 Å². The van der Waals surface area contributed by atoms with Crippen LogP contribution in [0.5, 0.6) is 0 Å². The van der Waals surface area contributed by atoms with Gasteiger partial charge in [0.05, 0.1) is 10.5 Å². The maximum absolute atomic E-state index is 12.7. The molecule has 178 valence electrons. The van der Waals surface area contributed by atoms with Crippen LogP contribution >= 0.6 is 0 Å². The van der Waals surface area contributed by atoms with Crippen molar-refractivity contribution in [3.8, 4) is 0 Å². The highest BCUT2D eigenvalue weighted by atomic mass is 32.2. The largest absolute Gasteiger partial charge is 0.452 e. The summed E-state index contributed by atoms with van der Waals surface area (Å²) >= 11 is 0. The lowest BCUT2D eigenvalue weighted by Gasteiger charge is -2.19. The van der Waals surface area contributed by atoms with Crippen molar-refractivity contribution in [3.63, 3.8) is 0 Å². The van der Waals surface area contributed by atoms with Gasteiger partial charge >= 0.3 is 12.0 Å². The van der Waals surface area contributed by atoms with Gasteiger partial charge in [0.25, 0.3) is 5.91 Å². The summed E-state index contributed by atoms with van der Waals surface area (Å²) in [7, 11) is -3.76. The number of sulfonamides is 1. The molecule has 0 bridgehead atoms. The van der Waals surface area contributed by atoms with Crippen LogP contribution in [0.1, 0.15) is 40.9 Å². The first-order chi connectivity index (χ1) is 15.5. The number of amides is 3. The summed E-state index contributed by atoms with van der Waals surface area (Å²) in [4.78, 5) is 36.6. The maximum atomic E-state index is 12.7. The fraction of sp³-hybridized carbons (Fsp3) is 0.348. The van der Waals surface area contributed by atoms with Crippen molar-refractivity contribution < 1.29 is 27.5 Å². The number of hydrogen-bond acceptors (Lipinski definition) is 6. The van der Waals surface area contributed by atoms with Gasteiger partial charge in [-0.25, -0.2) is 18.0 Å². The van der Waals surface area contributed by atoms with Gasteiger partial charge in [-0.1, -0.05) is 37.6 Å². The summed E-state index contributed by atoms with van der Waals surface area (Å²) in [6.45, 7) is 8.69. The number of nitrogens with zero attached hydrogens (tertiary/aromatic N) is 1. The Hall–Kier alpha value is -3.24. The molecule has 10 heteroatoms. The molecule has 9 nitrogen and oxygen atoms in total. The number of carbonyl (C=O) groups is 3. The van der Waals surface area contributed by atoms with Crippen molar-refractivity contribution in [1.29, 1.82) is 0 Å². The molecule has 0 radical (unpaired) electrons. The highest BCUT2D eigenvalue weighted by Crippen LogP contribution is 2.20. The van der Waals surface area contributed by atoms with Crippen LogP contribution in [0.15, 0.2) is 41.3 Å². The van der Waals surface area contributed by atoms with Crippen LogP contribution in [0, 0.1) is 20.8 Å². The van der Waals surface area contributed by atoms with Crippen molar-refractivity contribution in [1.82, 2.24) is 9.62 Å². The van der Waals surface area contributed by atoms with Crippen molar-refractivity contribution >= 4 is 33.6 Å². The fourth-order valence-electron chi connectivity index (χ4n) is 3.17. The Morgan fingerprint density at radius 1 is 0.939 bits per heavy atom. The second kappa shape index (κ2) is 11.1. The number of anilines is 1. The molecule has 0 saturated heterocycles. The molecule has 33 heavy (non-hydrogen) atoms. The van der Waals surface area contributed by atoms with E-state index in [0.29, 0.717) is 11.3 Å². The number of benzene rings is 2. The van der Waals surface area contributed by atoms with Crippen LogP contribution in [0.25, 0.3) is 0 Å². The van der Waals surface area contributed by atoms with Crippen LogP contribution in [0.2, 0.25) is 0 Å². The Morgan fingerprint density at radius 2 is 1.61 bits per heavy atom. The monoisotopic (exact) mass is 475 g/mol. The molecule has 0 aliphatic heterocycles. The van der Waals surface area contributed by atoms with E-state index in [0.717, 1.165) is 11.1 Å². The third-order valence-electron chi connectivity index (χ3n) is 4.99. The minimum Gasteiger partial charge on any atom is -0.452 e. The van der Waals surface area contributed by atoms with E-state index in [4.69, 9.17) is 4.74 Å². The Labute approximate surface area is 194 Å². The lowest BCUT2D eigenvalue weighted by atomic mass is 10.1. The topological polar surface area (TPSA) is 122 Å². The van der Waals surface area contributed by atoms with Crippen LogP contribution in [0.3, 0.4) is 0 Å². The van der Waals surface area contributed by atoms with Gasteiger partial charge in [-0.05, 0) is 50.1 Å². The second-order valence-corrected chi connectivity index (χ2v) is 9.40. The summed E-state index contributed by atoms with van der Waals surface area (Å²) in [5.74, 6) is -1.69. The van der Waals surface area contributed by atoms with Crippen molar-refractivity contribution in [2.45, 2.75) is 39.5 Å². The van der Waals surface area contributed by atoms with Gasteiger partial charge < -0.3 is 10.1 Å². The van der Waals surface area contributed by atoms with E-state index in [1.165, 1.54) is 22.5 Å². The normalized spacial score (nSPS) is 11.2. The zero-order chi connectivity index (χ0) is 24.8. The summed E-state index contributed by atoms with van der Waals surface area (Å²) < 4.78 is 31.7. The van der Waals surface area contributed by atoms with Crippen LogP contribution in [0.4, 0.5) is 10.5 Å². The Balaban J connectivity index is 2.02. The highest BCUT2D eigenvalue weighted by molar-refractivity contribution is 7.89. The smallest absolute Gasteiger partial charge is 0.338 e. The zero-order valence-corrected chi connectivity index (χ0v) is 20.2. The average molecular weight is 476 g/mol. The maximum Gasteiger partial charge on any atom is 0.338 e. The zero-order valence-electron chi connectivity index (χ0n) is 19.4. The van der Waals surface area contributed by atoms with Gasteiger partial charge in [0.15, 0.2) is 6.61 Å². The van der Waals surface area contributed by atoms with E-state index in [9.17, 15) is 22.8 Å². The SMILES string of the molecule is CCN(CC)S(=O)(=O)c1ccc(C)c(C(=O)OCC(=O)NC(=O)Nc2ccc(C)cc2C)c1. The molecule has 0 fully saturated rings. The molecule has 0 aromatic heterocycles.